The van der Waals surface area contributed by atoms with Gasteiger partial charge in [0, 0.05) is 18.9 Å². The Balaban J connectivity index is 1.90. The summed E-state index contributed by atoms with van der Waals surface area (Å²) in [6.07, 6.45) is 0.313. The monoisotopic (exact) mass is 344 g/mol. The number of hydrogen-bond acceptors (Lipinski definition) is 3. The highest BCUT2D eigenvalue weighted by molar-refractivity contribution is 5.84. The third kappa shape index (κ3) is 6.00. The summed E-state index contributed by atoms with van der Waals surface area (Å²) in [5.41, 5.74) is 7.15. The van der Waals surface area contributed by atoms with Gasteiger partial charge in [0.1, 0.15) is 11.9 Å². The van der Waals surface area contributed by atoms with E-state index < -0.39 is 24.0 Å². The van der Waals surface area contributed by atoms with Gasteiger partial charge in [-0.2, -0.15) is 0 Å². The lowest BCUT2D eigenvalue weighted by atomic mass is 10.0. The Labute approximate surface area is 145 Å². The van der Waals surface area contributed by atoms with E-state index in [-0.39, 0.29) is 25.1 Å². The number of amides is 1. The van der Waals surface area contributed by atoms with Gasteiger partial charge in [-0.15, -0.1) is 0 Å². The largest absolute Gasteiger partial charge is 0.480 e. The first-order chi connectivity index (χ1) is 12.0. The second kappa shape index (κ2) is 8.94. The van der Waals surface area contributed by atoms with Crippen LogP contribution in [0.5, 0.6) is 0 Å². The normalized spacial score (nSPS) is 13.0. The van der Waals surface area contributed by atoms with Crippen molar-refractivity contribution in [2.45, 2.75) is 31.3 Å². The lowest BCUT2D eigenvalue weighted by Crippen LogP contribution is -2.44. The van der Waals surface area contributed by atoms with Gasteiger partial charge in [-0.3, -0.25) is 4.79 Å². The van der Waals surface area contributed by atoms with E-state index in [9.17, 15) is 19.1 Å². The number of nitrogens with one attached hydrogen (secondary N) is 1. The predicted molar refractivity (Wildman–Crippen MR) is 92.4 cm³/mol. The maximum Gasteiger partial charge on any atom is 0.326 e. The van der Waals surface area contributed by atoms with Crippen molar-refractivity contribution in [3.63, 3.8) is 0 Å². The van der Waals surface area contributed by atoms with Crippen LogP contribution in [0.1, 0.15) is 17.5 Å². The summed E-state index contributed by atoms with van der Waals surface area (Å²) in [7, 11) is 0. The van der Waals surface area contributed by atoms with Crippen molar-refractivity contribution in [1.29, 1.82) is 0 Å². The van der Waals surface area contributed by atoms with Crippen molar-refractivity contribution < 1.29 is 19.1 Å². The van der Waals surface area contributed by atoms with Crippen molar-refractivity contribution in [3.8, 4) is 0 Å². The molecular formula is C19H21FN2O3. The van der Waals surface area contributed by atoms with Crippen LogP contribution in [0.2, 0.25) is 0 Å². The zero-order valence-electron chi connectivity index (χ0n) is 13.7. The van der Waals surface area contributed by atoms with Gasteiger partial charge in [-0.05, 0) is 23.6 Å². The van der Waals surface area contributed by atoms with E-state index in [0.29, 0.717) is 5.56 Å². The van der Waals surface area contributed by atoms with E-state index in [1.807, 2.05) is 6.07 Å². The number of benzene rings is 2. The van der Waals surface area contributed by atoms with E-state index in [0.717, 1.165) is 5.56 Å². The minimum absolute atomic E-state index is 0.0765. The maximum atomic E-state index is 13.6. The first-order valence-corrected chi connectivity index (χ1v) is 8.00. The second-order valence-corrected chi connectivity index (χ2v) is 5.91. The molecule has 0 spiro atoms. The second-order valence-electron chi connectivity index (χ2n) is 5.91. The number of halogens is 1. The Hall–Kier alpha value is -2.73. The summed E-state index contributed by atoms with van der Waals surface area (Å²) in [4.78, 5) is 23.5. The molecule has 0 heterocycles. The van der Waals surface area contributed by atoms with Gasteiger partial charge in [-0.1, -0.05) is 48.5 Å². The standard InChI is InChI=1S/C19H21FN2O3/c20-16-9-5-4-8-14(16)11-15(21)12-18(23)22-17(19(24)25)10-13-6-2-1-3-7-13/h1-9,15,17H,10-12,21H2,(H,22,23)(H,24,25)/t15?,17-/m0/s1. The van der Waals surface area contributed by atoms with Gasteiger partial charge in [0.2, 0.25) is 5.91 Å². The van der Waals surface area contributed by atoms with Crippen molar-refractivity contribution in [2.75, 3.05) is 0 Å². The van der Waals surface area contributed by atoms with E-state index in [2.05, 4.69) is 5.32 Å². The number of nitrogens with two attached hydrogens (primary N) is 1. The molecule has 1 unspecified atom stereocenters. The first kappa shape index (κ1) is 18.6. The summed E-state index contributed by atoms with van der Waals surface area (Å²) in [5, 5.41) is 11.8. The number of carbonyl (C=O) groups excluding carboxylic acids is 1. The van der Waals surface area contributed by atoms with E-state index >= 15 is 0 Å². The van der Waals surface area contributed by atoms with E-state index in [1.165, 1.54) is 6.07 Å². The molecule has 25 heavy (non-hydrogen) atoms. The summed E-state index contributed by atoms with van der Waals surface area (Å²) in [5.74, 6) is -1.95. The van der Waals surface area contributed by atoms with Gasteiger partial charge >= 0.3 is 5.97 Å². The summed E-state index contributed by atoms with van der Waals surface area (Å²) in [6.45, 7) is 0. The quantitative estimate of drug-likeness (QED) is 0.682. The van der Waals surface area contributed by atoms with Crippen molar-refractivity contribution >= 4 is 11.9 Å². The van der Waals surface area contributed by atoms with Crippen LogP contribution in [0.15, 0.2) is 54.6 Å². The van der Waals surface area contributed by atoms with Gasteiger partial charge in [0.05, 0.1) is 0 Å². The van der Waals surface area contributed by atoms with Crippen LogP contribution in [0.4, 0.5) is 4.39 Å². The number of hydrogen-bond donors (Lipinski definition) is 3. The fraction of sp³-hybridized carbons (Fsp3) is 0.263. The summed E-state index contributed by atoms with van der Waals surface area (Å²) < 4.78 is 13.6. The first-order valence-electron chi connectivity index (χ1n) is 8.00. The smallest absolute Gasteiger partial charge is 0.326 e. The van der Waals surface area contributed by atoms with Crippen LogP contribution >= 0.6 is 0 Å². The molecule has 0 bridgehead atoms. The van der Waals surface area contributed by atoms with Crippen molar-refractivity contribution in [1.82, 2.24) is 5.32 Å². The molecule has 6 heteroatoms. The molecule has 0 saturated heterocycles. The SMILES string of the molecule is NC(CC(=O)N[C@@H](Cc1ccccc1)C(=O)O)Cc1ccccc1F. The maximum absolute atomic E-state index is 13.6. The Bertz CT molecular complexity index is 722. The van der Waals surface area contributed by atoms with Crippen molar-refractivity contribution in [3.05, 3.63) is 71.5 Å². The van der Waals surface area contributed by atoms with Crippen LogP contribution in [0, 0.1) is 5.82 Å². The average Bonchev–Trinajstić information content (AvgIpc) is 2.57. The molecule has 2 aromatic carbocycles. The molecule has 1 amide bonds. The van der Waals surface area contributed by atoms with Gasteiger partial charge in [0.25, 0.3) is 0 Å². The number of carbonyl (C=O) groups is 2. The molecule has 0 aliphatic rings. The number of rotatable bonds is 8. The average molecular weight is 344 g/mol. The predicted octanol–water partition coefficient (Wildman–Crippen LogP) is 1.90. The highest BCUT2D eigenvalue weighted by atomic mass is 19.1. The lowest BCUT2D eigenvalue weighted by Gasteiger charge is -2.17. The third-order valence-corrected chi connectivity index (χ3v) is 3.80. The lowest BCUT2D eigenvalue weighted by molar-refractivity contribution is -0.141. The molecule has 2 rings (SSSR count). The number of aliphatic carboxylic acids is 1. The Morgan fingerprint density at radius 1 is 1.04 bits per heavy atom. The van der Waals surface area contributed by atoms with Crippen LogP contribution in [-0.4, -0.2) is 29.1 Å². The van der Waals surface area contributed by atoms with Gasteiger partial charge in [-0.25, -0.2) is 9.18 Å². The fourth-order valence-electron chi connectivity index (χ4n) is 2.56. The van der Waals surface area contributed by atoms with Gasteiger partial charge < -0.3 is 16.2 Å². The van der Waals surface area contributed by atoms with Crippen LogP contribution in [0.25, 0.3) is 0 Å². The molecule has 0 aromatic heterocycles. The number of carboxylic acid groups (broad SMARTS) is 1. The topological polar surface area (TPSA) is 92.4 Å². The molecule has 0 aliphatic carbocycles. The van der Waals surface area contributed by atoms with E-state index in [1.54, 1.807) is 42.5 Å². The third-order valence-electron chi connectivity index (χ3n) is 3.80. The Morgan fingerprint density at radius 3 is 2.32 bits per heavy atom. The van der Waals surface area contributed by atoms with Crippen LogP contribution in [0.3, 0.4) is 0 Å². The van der Waals surface area contributed by atoms with Crippen molar-refractivity contribution in [2.24, 2.45) is 5.73 Å². The minimum Gasteiger partial charge on any atom is -0.480 e. The molecule has 2 aromatic rings. The molecule has 0 fully saturated rings. The Kier molecular flexibility index (Phi) is 6.65. The number of carboxylic acids is 1. The Morgan fingerprint density at radius 2 is 1.68 bits per heavy atom. The molecule has 0 radical (unpaired) electrons. The molecule has 0 aliphatic heterocycles. The fourth-order valence-corrected chi connectivity index (χ4v) is 2.56. The highest BCUT2D eigenvalue weighted by Gasteiger charge is 2.21. The molecule has 132 valence electrons. The summed E-state index contributed by atoms with van der Waals surface area (Å²) >= 11 is 0. The molecule has 4 N–H and O–H groups in total. The zero-order valence-corrected chi connectivity index (χ0v) is 13.7. The van der Waals surface area contributed by atoms with Crippen LogP contribution in [-0.2, 0) is 22.4 Å². The molecule has 2 atom stereocenters. The zero-order chi connectivity index (χ0) is 18.2. The minimum atomic E-state index is -1.11. The molecular weight excluding hydrogens is 323 g/mol. The molecule has 5 nitrogen and oxygen atoms in total. The summed E-state index contributed by atoms with van der Waals surface area (Å²) in [6, 6.07) is 13.6. The van der Waals surface area contributed by atoms with Gasteiger partial charge in [0.15, 0.2) is 0 Å². The van der Waals surface area contributed by atoms with E-state index in [4.69, 9.17) is 5.73 Å². The molecule has 0 saturated carbocycles. The van der Waals surface area contributed by atoms with Crippen LogP contribution < -0.4 is 11.1 Å². The highest BCUT2D eigenvalue weighted by Crippen LogP contribution is 2.10.